The third kappa shape index (κ3) is 2.43. The standard InChI is InChI=1S/C19H22N6O2/c1-12-14(18(26)24-6-7-25-11-20-8-13(25)9-24)15-16(21-10-22-17(15)27-12)23(3)19(2)4-5-19/h8,10-11H,4-7,9H2,1-3H3. The number of hydrogen-bond donors (Lipinski definition) is 0. The number of imidazole rings is 1. The summed E-state index contributed by atoms with van der Waals surface area (Å²) in [5.41, 5.74) is 2.17. The molecule has 2 aliphatic rings. The number of aryl methyl sites for hydroxylation is 1. The average Bonchev–Trinajstić information content (AvgIpc) is 3.11. The Labute approximate surface area is 156 Å². The van der Waals surface area contributed by atoms with Crippen molar-refractivity contribution in [1.29, 1.82) is 0 Å². The lowest BCUT2D eigenvalue weighted by Crippen LogP contribution is -2.38. The van der Waals surface area contributed by atoms with E-state index in [0.717, 1.165) is 36.3 Å². The Morgan fingerprint density at radius 1 is 1.30 bits per heavy atom. The summed E-state index contributed by atoms with van der Waals surface area (Å²) in [6, 6.07) is 0. The molecule has 0 saturated heterocycles. The molecule has 0 radical (unpaired) electrons. The molecule has 0 bridgehead atoms. The fraction of sp³-hybridized carbons (Fsp3) is 0.474. The number of carbonyl (C=O) groups is 1. The first kappa shape index (κ1) is 16.3. The zero-order chi connectivity index (χ0) is 18.8. The molecule has 0 atom stereocenters. The number of amides is 1. The van der Waals surface area contributed by atoms with Crippen LogP contribution in [-0.4, -0.2) is 49.5 Å². The van der Waals surface area contributed by atoms with Crippen LogP contribution in [0.1, 0.15) is 41.6 Å². The highest BCUT2D eigenvalue weighted by atomic mass is 16.3. The number of carbonyl (C=O) groups excluding carboxylic acids is 1. The largest absolute Gasteiger partial charge is 0.442 e. The summed E-state index contributed by atoms with van der Waals surface area (Å²) in [5, 5.41) is 0.717. The molecule has 8 nitrogen and oxygen atoms in total. The van der Waals surface area contributed by atoms with Gasteiger partial charge in [0.15, 0.2) is 0 Å². The number of nitrogens with zero attached hydrogens (tertiary/aromatic N) is 6. The summed E-state index contributed by atoms with van der Waals surface area (Å²) in [4.78, 5) is 30.4. The van der Waals surface area contributed by atoms with E-state index in [9.17, 15) is 4.79 Å². The highest BCUT2D eigenvalue weighted by Crippen LogP contribution is 2.44. The molecule has 1 aliphatic carbocycles. The van der Waals surface area contributed by atoms with Gasteiger partial charge >= 0.3 is 0 Å². The van der Waals surface area contributed by atoms with Gasteiger partial charge in [0.05, 0.1) is 29.5 Å². The van der Waals surface area contributed by atoms with Crippen LogP contribution >= 0.6 is 0 Å². The molecular formula is C19H22N6O2. The van der Waals surface area contributed by atoms with Gasteiger partial charge in [0.2, 0.25) is 5.71 Å². The summed E-state index contributed by atoms with van der Waals surface area (Å²) in [5.74, 6) is 1.32. The molecule has 3 aromatic heterocycles. The van der Waals surface area contributed by atoms with E-state index in [4.69, 9.17) is 4.42 Å². The first-order valence-corrected chi connectivity index (χ1v) is 9.24. The molecular weight excluding hydrogens is 344 g/mol. The van der Waals surface area contributed by atoms with Gasteiger partial charge in [-0.15, -0.1) is 0 Å². The lowest BCUT2D eigenvalue weighted by Gasteiger charge is -2.29. The molecule has 8 heteroatoms. The minimum absolute atomic E-state index is 0.0379. The number of fused-ring (bicyclic) bond motifs is 2. The Hall–Kier alpha value is -2.90. The molecule has 140 valence electrons. The summed E-state index contributed by atoms with van der Waals surface area (Å²) in [6.07, 6.45) is 7.37. The number of hydrogen-bond acceptors (Lipinski definition) is 6. The maximum Gasteiger partial charge on any atom is 0.258 e. The fourth-order valence-corrected chi connectivity index (χ4v) is 3.83. The molecule has 1 fully saturated rings. The zero-order valence-corrected chi connectivity index (χ0v) is 15.8. The molecule has 0 N–H and O–H groups in total. The van der Waals surface area contributed by atoms with Crippen molar-refractivity contribution in [3.05, 3.63) is 35.9 Å². The first-order valence-electron chi connectivity index (χ1n) is 9.24. The zero-order valence-electron chi connectivity index (χ0n) is 15.8. The third-order valence-corrected chi connectivity index (χ3v) is 6.01. The molecule has 1 aliphatic heterocycles. The lowest BCUT2D eigenvalue weighted by molar-refractivity contribution is 0.0711. The van der Waals surface area contributed by atoms with Gasteiger partial charge in [0, 0.05) is 31.9 Å². The van der Waals surface area contributed by atoms with Crippen LogP contribution in [0.3, 0.4) is 0 Å². The van der Waals surface area contributed by atoms with Crippen LogP contribution in [0.5, 0.6) is 0 Å². The maximum atomic E-state index is 13.4. The Morgan fingerprint density at radius 2 is 2.11 bits per heavy atom. The van der Waals surface area contributed by atoms with Crippen molar-refractivity contribution >= 4 is 22.8 Å². The first-order chi connectivity index (χ1) is 13.0. The number of furan rings is 1. The summed E-state index contributed by atoms with van der Waals surface area (Å²) in [6.45, 7) is 5.97. The van der Waals surface area contributed by atoms with E-state index in [1.54, 1.807) is 0 Å². The second kappa shape index (κ2) is 5.55. The van der Waals surface area contributed by atoms with E-state index in [1.165, 1.54) is 6.33 Å². The van der Waals surface area contributed by atoms with Crippen molar-refractivity contribution in [2.45, 2.75) is 45.3 Å². The maximum absolute atomic E-state index is 13.4. The second-order valence-electron chi connectivity index (χ2n) is 7.77. The highest BCUT2D eigenvalue weighted by Gasteiger charge is 2.43. The monoisotopic (exact) mass is 366 g/mol. The second-order valence-corrected chi connectivity index (χ2v) is 7.77. The van der Waals surface area contributed by atoms with E-state index in [-0.39, 0.29) is 11.4 Å². The van der Waals surface area contributed by atoms with Crippen molar-refractivity contribution in [3.8, 4) is 0 Å². The SMILES string of the molecule is Cc1oc2ncnc(N(C)C3(C)CC3)c2c1C(=O)N1CCn2cncc2C1. The van der Waals surface area contributed by atoms with Crippen LogP contribution in [0, 0.1) is 6.92 Å². The highest BCUT2D eigenvalue weighted by molar-refractivity contribution is 6.10. The van der Waals surface area contributed by atoms with Gasteiger partial charge in [-0.05, 0) is 26.7 Å². The molecule has 0 spiro atoms. The molecule has 1 amide bonds. The van der Waals surface area contributed by atoms with Crippen molar-refractivity contribution in [1.82, 2.24) is 24.4 Å². The summed E-state index contributed by atoms with van der Waals surface area (Å²) >= 11 is 0. The van der Waals surface area contributed by atoms with E-state index in [0.29, 0.717) is 30.1 Å². The van der Waals surface area contributed by atoms with Crippen molar-refractivity contribution in [2.75, 3.05) is 18.5 Å². The van der Waals surface area contributed by atoms with Crippen molar-refractivity contribution in [2.24, 2.45) is 0 Å². The quantitative estimate of drug-likeness (QED) is 0.708. The van der Waals surface area contributed by atoms with Crippen LogP contribution in [0.2, 0.25) is 0 Å². The van der Waals surface area contributed by atoms with Gasteiger partial charge in [0.25, 0.3) is 5.91 Å². The van der Waals surface area contributed by atoms with E-state index >= 15 is 0 Å². The van der Waals surface area contributed by atoms with Crippen LogP contribution in [0.25, 0.3) is 11.1 Å². The van der Waals surface area contributed by atoms with Crippen molar-refractivity contribution in [3.63, 3.8) is 0 Å². The Morgan fingerprint density at radius 3 is 2.89 bits per heavy atom. The van der Waals surface area contributed by atoms with Gasteiger partial charge in [0.1, 0.15) is 17.9 Å². The minimum Gasteiger partial charge on any atom is -0.442 e. The molecule has 3 aromatic rings. The smallest absolute Gasteiger partial charge is 0.258 e. The third-order valence-electron chi connectivity index (χ3n) is 6.01. The fourth-order valence-electron chi connectivity index (χ4n) is 3.83. The van der Waals surface area contributed by atoms with Crippen LogP contribution in [-0.2, 0) is 13.1 Å². The van der Waals surface area contributed by atoms with E-state index < -0.39 is 0 Å². The van der Waals surface area contributed by atoms with Gasteiger partial charge in [-0.2, -0.15) is 0 Å². The Kier molecular flexibility index (Phi) is 3.35. The van der Waals surface area contributed by atoms with Gasteiger partial charge in [-0.1, -0.05) is 0 Å². The van der Waals surface area contributed by atoms with E-state index in [1.807, 2.05) is 31.4 Å². The Balaban J connectivity index is 1.59. The van der Waals surface area contributed by atoms with Crippen LogP contribution in [0.4, 0.5) is 5.82 Å². The molecule has 0 unspecified atom stereocenters. The van der Waals surface area contributed by atoms with Crippen LogP contribution < -0.4 is 4.90 Å². The lowest BCUT2D eigenvalue weighted by atomic mass is 10.1. The van der Waals surface area contributed by atoms with Gasteiger partial charge in [-0.25, -0.2) is 15.0 Å². The normalized spacial score (nSPS) is 17.8. The predicted molar refractivity (Wildman–Crippen MR) is 99.6 cm³/mol. The van der Waals surface area contributed by atoms with Crippen LogP contribution in [0.15, 0.2) is 23.3 Å². The topological polar surface area (TPSA) is 80.3 Å². The minimum atomic E-state index is -0.0379. The number of aromatic nitrogens is 4. The summed E-state index contributed by atoms with van der Waals surface area (Å²) in [7, 11) is 2.03. The van der Waals surface area contributed by atoms with E-state index in [2.05, 4.69) is 31.3 Å². The molecule has 27 heavy (non-hydrogen) atoms. The summed E-state index contributed by atoms with van der Waals surface area (Å²) < 4.78 is 7.93. The Bertz CT molecular complexity index is 1050. The predicted octanol–water partition coefficient (Wildman–Crippen LogP) is 2.37. The molecule has 4 heterocycles. The molecule has 5 rings (SSSR count). The van der Waals surface area contributed by atoms with Crippen molar-refractivity contribution < 1.29 is 9.21 Å². The van der Waals surface area contributed by atoms with Gasteiger partial charge < -0.3 is 18.8 Å². The average molecular weight is 366 g/mol. The number of anilines is 1. The molecule has 1 saturated carbocycles. The molecule has 0 aromatic carbocycles. The van der Waals surface area contributed by atoms with Gasteiger partial charge in [-0.3, -0.25) is 4.79 Å². The number of rotatable bonds is 3.